The average molecular weight is 367 g/mol. The first kappa shape index (κ1) is 18.0. The summed E-state index contributed by atoms with van der Waals surface area (Å²) in [6.45, 7) is 0. The summed E-state index contributed by atoms with van der Waals surface area (Å²) in [6, 6.07) is 24.0. The standard InChI is InChI=1S/C21H21NO3S/c1-25-19-13-15-20(16-14-19)26(23,24)22-21-10-6-5-9-18(21)12-11-17-7-3-2-4-8-17/h2-10,13-16,22H,11-12H2,1H3. The number of methoxy groups -OCH3 is 1. The van der Waals surface area contributed by atoms with Gasteiger partial charge in [-0.05, 0) is 54.3 Å². The highest BCUT2D eigenvalue weighted by atomic mass is 32.2. The Hall–Kier alpha value is -2.79. The summed E-state index contributed by atoms with van der Waals surface area (Å²) in [4.78, 5) is 0.205. The van der Waals surface area contributed by atoms with Crippen LogP contribution in [-0.2, 0) is 22.9 Å². The van der Waals surface area contributed by atoms with Crippen LogP contribution in [0, 0.1) is 0 Å². The van der Waals surface area contributed by atoms with Crippen LogP contribution in [0.25, 0.3) is 0 Å². The van der Waals surface area contributed by atoms with Crippen molar-refractivity contribution in [2.45, 2.75) is 17.7 Å². The quantitative estimate of drug-likeness (QED) is 0.678. The summed E-state index contributed by atoms with van der Waals surface area (Å²) in [5.41, 5.74) is 2.80. The van der Waals surface area contributed by atoms with Crippen LogP contribution in [0.5, 0.6) is 5.75 Å². The van der Waals surface area contributed by atoms with Crippen molar-refractivity contribution in [2.75, 3.05) is 11.8 Å². The number of para-hydroxylation sites is 1. The first-order chi connectivity index (χ1) is 12.6. The lowest BCUT2D eigenvalue weighted by atomic mass is 10.0. The van der Waals surface area contributed by atoms with E-state index in [0.29, 0.717) is 11.4 Å². The highest BCUT2D eigenvalue weighted by Gasteiger charge is 2.16. The minimum absolute atomic E-state index is 0.205. The number of rotatable bonds is 7. The molecule has 0 aliphatic rings. The predicted molar refractivity (Wildman–Crippen MR) is 104 cm³/mol. The Morgan fingerprint density at radius 2 is 1.46 bits per heavy atom. The van der Waals surface area contributed by atoms with Crippen LogP contribution in [0.4, 0.5) is 5.69 Å². The van der Waals surface area contributed by atoms with Gasteiger partial charge in [-0.15, -0.1) is 0 Å². The van der Waals surface area contributed by atoms with Crippen LogP contribution in [-0.4, -0.2) is 15.5 Å². The molecule has 5 heteroatoms. The molecule has 0 heterocycles. The summed E-state index contributed by atoms with van der Waals surface area (Å²) < 4.78 is 33.1. The Morgan fingerprint density at radius 1 is 0.808 bits per heavy atom. The maximum atomic E-state index is 12.7. The van der Waals surface area contributed by atoms with E-state index in [2.05, 4.69) is 16.9 Å². The second-order valence-corrected chi connectivity index (χ2v) is 7.61. The van der Waals surface area contributed by atoms with Gasteiger partial charge < -0.3 is 4.74 Å². The molecule has 0 saturated carbocycles. The van der Waals surface area contributed by atoms with Gasteiger partial charge in [-0.2, -0.15) is 0 Å². The molecule has 0 aromatic heterocycles. The summed E-state index contributed by atoms with van der Waals surface area (Å²) in [6.07, 6.45) is 1.60. The molecule has 4 nitrogen and oxygen atoms in total. The second-order valence-electron chi connectivity index (χ2n) is 5.92. The molecule has 0 fully saturated rings. The molecule has 1 N–H and O–H groups in total. The Labute approximate surface area is 154 Å². The summed E-state index contributed by atoms with van der Waals surface area (Å²) in [5.74, 6) is 0.618. The normalized spacial score (nSPS) is 11.1. The molecule has 134 valence electrons. The molecule has 3 rings (SSSR count). The van der Waals surface area contributed by atoms with Gasteiger partial charge >= 0.3 is 0 Å². The molecule has 0 saturated heterocycles. The molecule has 26 heavy (non-hydrogen) atoms. The van der Waals surface area contributed by atoms with Crippen molar-refractivity contribution in [2.24, 2.45) is 0 Å². The Bertz CT molecular complexity index is 952. The van der Waals surface area contributed by atoms with Crippen molar-refractivity contribution in [3.05, 3.63) is 90.0 Å². The highest BCUT2D eigenvalue weighted by Crippen LogP contribution is 2.23. The van der Waals surface area contributed by atoms with Crippen LogP contribution in [0.3, 0.4) is 0 Å². The fourth-order valence-corrected chi connectivity index (χ4v) is 3.82. The zero-order chi connectivity index (χ0) is 18.4. The van der Waals surface area contributed by atoms with Crippen LogP contribution >= 0.6 is 0 Å². The third-order valence-corrected chi connectivity index (χ3v) is 5.54. The number of hydrogen-bond donors (Lipinski definition) is 1. The molecule has 0 unspecified atom stereocenters. The van der Waals surface area contributed by atoms with Gasteiger partial charge in [-0.25, -0.2) is 8.42 Å². The molecule has 0 aliphatic heterocycles. The van der Waals surface area contributed by atoms with Gasteiger partial charge in [0, 0.05) is 0 Å². The molecular weight excluding hydrogens is 346 g/mol. The lowest BCUT2D eigenvalue weighted by Crippen LogP contribution is -2.14. The van der Waals surface area contributed by atoms with Crippen molar-refractivity contribution < 1.29 is 13.2 Å². The minimum atomic E-state index is -3.65. The van der Waals surface area contributed by atoms with Crippen molar-refractivity contribution >= 4 is 15.7 Å². The van der Waals surface area contributed by atoms with Gasteiger partial charge in [-0.3, -0.25) is 4.72 Å². The van der Waals surface area contributed by atoms with E-state index < -0.39 is 10.0 Å². The molecule has 3 aromatic carbocycles. The van der Waals surface area contributed by atoms with E-state index in [1.54, 1.807) is 25.3 Å². The topological polar surface area (TPSA) is 55.4 Å². The lowest BCUT2D eigenvalue weighted by molar-refractivity contribution is 0.414. The van der Waals surface area contributed by atoms with Gasteiger partial charge in [0.05, 0.1) is 17.7 Å². The van der Waals surface area contributed by atoms with E-state index in [0.717, 1.165) is 18.4 Å². The smallest absolute Gasteiger partial charge is 0.261 e. The van der Waals surface area contributed by atoms with E-state index >= 15 is 0 Å². The molecule has 0 spiro atoms. The Kier molecular flexibility index (Phi) is 5.58. The van der Waals surface area contributed by atoms with Gasteiger partial charge in [0.1, 0.15) is 5.75 Å². The van der Waals surface area contributed by atoms with Crippen molar-refractivity contribution in [1.82, 2.24) is 0 Å². The molecule has 0 atom stereocenters. The van der Waals surface area contributed by atoms with Crippen molar-refractivity contribution in [3.8, 4) is 5.75 Å². The zero-order valence-electron chi connectivity index (χ0n) is 14.6. The number of anilines is 1. The maximum Gasteiger partial charge on any atom is 0.261 e. The van der Waals surface area contributed by atoms with Gasteiger partial charge in [0.2, 0.25) is 0 Å². The SMILES string of the molecule is COc1ccc(S(=O)(=O)Nc2ccccc2CCc2ccccc2)cc1. The van der Waals surface area contributed by atoms with E-state index in [9.17, 15) is 8.42 Å². The van der Waals surface area contributed by atoms with E-state index in [1.165, 1.54) is 17.7 Å². The average Bonchev–Trinajstić information content (AvgIpc) is 2.68. The number of hydrogen-bond acceptors (Lipinski definition) is 3. The molecular formula is C21H21NO3S. The van der Waals surface area contributed by atoms with Gasteiger partial charge in [0.15, 0.2) is 0 Å². The van der Waals surface area contributed by atoms with E-state index in [4.69, 9.17) is 4.74 Å². The number of ether oxygens (including phenoxy) is 1. The summed E-state index contributed by atoms with van der Waals surface area (Å²) >= 11 is 0. The Morgan fingerprint density at radius 3 is 2.15 bits per heavy atom. The first-order valence-corrected chi connectivity index (χ1v) is 9.85. The summed E-state index contributed by atoms with van der Waals surface area (Å²) in [7, 11) is -2.10. The highest BCUT2D eigenvalue weighted by molar-refractivity contribution is 7.92. The molecule has 0 aliphatic carbocycles. The zero-order valence-corrected chi connectivity index (χ0v) is 15.4. The van der Waals surface area contributed by atoms with E-state index in [-0.39, 0.29) is 4.90 Å². The largest absolute Gasteiger partial charge is 0.497 e. The van der Waals surface area contributed by atoms with Crippen LogP contribution in [0.15, 0.2) is 83.8 Å². The lowest BCUT2D eigenvalue weighted by Gasteiger charge is -2.13. The third kappa shape index (κ3) is 4.43. The van der Waals surface area contributed by atoms with Crippen molar-refractivity contribution in [3.63, 3.8) is 0 Å². The van der Waals surface area contributed by atoms with Gasteiger partial charge in [0.25, 0.3) is 10.0 Å². The monoisotopic (exact) mass is 367 g/mol. The fraction of sp³-hybridized carbons (Fsp3) is 0.143. The number of sulfonamides is 1. The predicted octanol–water partition coefficient (Wildman–Crippen LogP) is 4.28. The maximum absolute atomic E-state index is 12.7. The number of benzene rings is 3. The second kappa shape index (κ2) is 8.06. The van der Waals surface area contributed by atoms with E-state index in [1.807, 2.05) is 36.4 Å². The molecule has 0 amide bonds. The fourth-order valence-electron chi connectivity index (χ4n) is 2.72. The number of nitrogens with one attached hydrogen (secondary N) is 1. The first-order valence-electron chi connectivity index (χ1n) is 8.37. The Balaban J connectivity index is 1.78. The number of aryl methyl sites for hydroxylation is 2. The van der Waals surface area contributed by atoms with Crippen molar-refractivity contribution in [1.29, 1.82) is 0 Å². The van der Waals surface area contributed by atoms with Crippen LogP contribution in [0.1, 0.15) is 11.1 Å². The summed E-state index contributed by atoms with van der Waals surface area (Å²) in [5, 5.41) is 0. The van der Waals surface area contributed by atoms with Crippen LogP contribution < -0.4 is 9.46 Å². The molecule has 0 radical (unpaired) electrons. The van der Waals surface area contributed by atoms with Crippen LogP contribution in [0.2, 0.25) is 0 Å². The van der Waals surface area contributed by atoms with Gasteiger partial charge in [-0.1, -0.05) is 48.5 Å². The minimum Gasteiger partial charge on any atom is -0.497 e. The third-order valence-electron chi connectivity index (χ3n) is 4.16. The molecule has 0 bridgehead atoms. The molecule has 3 aromatic rings.